The van der Waals surface area contributed by atoms with E-state index in [4.69, 9.17) is 9.47 Å². The van der Waals surface area contributed by atoms with Crippen molar-refractivity contribution >= 4 is 5.97 Å². The molecule has 0 aliphatic carbocycles. The highest BCUT2D eigenvalue weighted by atomic mass is 16.6. The smallest absolute Gasteiger partial charge is 0.305 e. The number of ether oxygens (including phenoxy) is 2. The van der Waals surface area contributed by atoms with Gasteiger partial charge >= 0.3 is 5.97 Å². The molecule has 0 N–H and O–H groups in total. The van der Waals surface area contributed by atoms with Crippen molar-refractivity contribution in [2.45, 2.75) is 117 Å². The summed E-state index contributed by atoms with van der Waals surface area (Å²) in [6.07, 6.45) is 22.0. The van der Waals surface area contributed by atoms with E-state index in [0.29, 0.717) is 19.6 Å². The molecule has 0 saturated carbocycles. The maximum atomic E-state index is 11.5. The van der Waals surface area contributed by atoms with E-state index in [1.807, 2.05) is 13.8 Å². The third kappa shape index (κ3) is 21.2. The molecule has 3 nitrogen and oxygen atoms in total. The fourth-order valence-corrected chi connectivity index (χ4v) is 2.85. The first kappa shape index (κ1) is 25.2. The van der Waals surface area contributed by atoms with Gasteiger partial charge in [-0.05, 0) is 46.0 Å². The van der Waals surface area contributed by atoms with Crippen LogP contribution in [0.5, 0.6) is 0 Å². The predicted octanol–water partition coefficient (Wildman–Crippen LogP) is 6.99. The van der Waals surface area contributed by atoms with Gasteiger partial charge < -0.3 is 9.47 Å². The van der Waals surface area contributed by atoms with Gasteiger partial charge in [0.05, 0.1) is 12.7 Å². The van der Waals surface area contributed by atoms with E-state index in [1.54, 1.807) is 0 Å². The summed E-state index contributed by atoms with van der Waals surface area (Å²) >= 11 is 0. The van der Waals surface area contributed by atoms with Crippen LogP contribution in [0, 0.1) is 0 Å². The van der Waals surface area contributed by atoms with Gasteiger partial charge in [-0.1, -0.05) is 70.4 Å². The van der Waals surface area contributed by atoms with Crippen LogP contribution in [-0.4, -0.2) is 25.3 Å². The maximum Gasteiger partial charge on any atom is 0.305 e. The number of esters is 1. The Morgan fingerprint density at radius 2 is 1.31 bits per heavy atom. The number of allylic oxidation sites excluding steroid dienone is 2. The van der Waals surface area contributed by atoms with Gasteiger partial charge in [-0.2, -0.15) is 0 Å². The highest BCUT2D eigenvalue weighted by Gasteiger charge is 2.02. The molecule has 0 aliphatic heterocycles. The van der Waals surface area contributed by atoms with E-state index >= 15 is 0 Å². The Bertz CT molecular complexity index is 323. The lowest BCUT2D eigenvalue weighted by molar-refractivity contribution is -0.145. The minimum absolute atomic E-state index is 0.0880. The number of carbonyl (C=O) groups is 1. The third-order valence-electron chi connectivity index (χ3n) is 4.44. The Hall–Kier alpha value is -0.830. The molecule has 26 heavy (non-hydrogen) atoms. The number of unbranched alkanes of at least 4 members (excludes halogenated alkanes) is 11. The van der Waals surface area contributed by atoms with E-state index in [9.17, 15) is 4.79 Å². The zero-order chi connectivity index (χ0) is 19.3. The standard InChI is InChI=1S/C23H44O3/c1-4-5-6-7-8-9-10-11-12-13-14-15-16-17-18-19-23(24)26-21-20-25-22(2)3/h11-12,22H,4-10,13-21H2,1-3H3/b12-11+. The molecule has 0 fully saturated rings. The summed E-state index contributed by atoms with van der Waals surface area (Å²) in [5, 5.41) is 0. The minimum Gasteiger partial charge on any atom is -0.463 e. The van der Waals surface area contributed by atoms with E-state index in [1.165, 1.54) is 70.6 Å². The second-order valence-corrected chi connectivity index (χ2v) is 7.47. The van der Waals surface area contributed by atoms with Gasteiger partial charge in [0.2, 0.25) is 0 Å². The van der Waals surface area contributed by atoms with Gasteiger partial charge in [-0.15, -0.1) is 0 Å². The molecule has 154 valence electrons. The zero-order valence-corrected chi connectivity index (χ0v) is 17.8. The summed E-state index contributed by atoms with van der Waals surface area (Å²) in [4.78, 5) is 11.5. The van der Waals surface area contributed by atoms with Crippen LogP contribution in [0.1, 0.15) is 111 Å². The lowest BCUT2D eigenvalue weighted by atomic mass is 10.1. The highest BCUT2D eigenvalue weighted by molar-refractivity contribution is 5.69. The van der Waals surface area contributed by atoms with Crippen molar-refractivity contribution in [1.29, 1.82) is 0 Å². The number of hydrogen-bond donors (Lipinski definition) is 0. The summed E-state index contributed by atoms with van der Waals surface area (Å²) in [7, 11) is 0. The topological polar surface area (TPSA) is 35.5 Å². The third-order valence-corrected chi connectivity index (χ3v) is 4.44. The summed E-state index contributed by atoms with van der Waals surface area (Å²) in [6.45, 7) is 7.10. The Morgan fingerprint density at radius 3 is 1.88 bits per heavy atom. The molecule has 0 bridgehead atoms. The lowest BCUT2D eigenvalue weighted by Gasteiger charge is -2.08. The largest absolute Gasteiger partial charge is 0.463 e. The molecular formula is C23H44O3. The molecule has 0 aromatic rings. The Labute approximate surface area is 162 Å². The van der Waals surface area contributed by atoms with Crippen LogP contribution < -0.4 is 0 Å². The fourth-order valence-electron chi connectivity index (χ4n) is 2.85. The van der Waals surface area contributed by atoms with Gasteiger partial charge in [-0.3, -0.25) is 4.79 Å². The van der Waals surface area contributed by atoms with Crippen LogP contribution in [0.25, 0.3) is 0 Å². The van der Waals surface area contributed by atoms with Crippen molar-refractivity contribution in [3.8, 4) is 0 Å². The second-order valence-electron chi connectivity index (χ2n) is 7.47. The molecule has 0 saturated heterocycles. The van der Waals surface area contributed by atoms with Crippen molar-refractivity contribution in [1.82, 2.24) is 0 Å². The Kier molecular flexibility index (Phi) is 19.8. The molecular weight excluding hydrogens is 324 g/mol. The molecule has 0 aromatic carbocycles. The first-order valence-corrected chi connectivity index (χ1v) is 11.1. The number of carbonyl (C=O) groups excluding carboxylic acids is 1. The van der Waals surface area contributed by atoms with Crippen molar-refractivity contribution < 1.29 is 14.3 Å². The minimum atomic E-state index is -0.0880. The second kappa shape index (κ2) is 20.5. The van der Waals surface area contributed by atoms with Crippen molar-refractivity contribution in [3.05, 3.63) is 12.2 Å². The molecule has 0 unspecified atom stereocenters. The molecule has 0 amide bonds. The summed E-state index contributed by atoms with van der Waals surface area (Å²) in [5.41, 5.74) is 0. The molecule has 0 aliphatic rings. The van der Waals surface area contributed by atoms with Gasteiger partial charge in [0.1, 0.15) is 6.61 Å². The van der Waals surface area contributed by atoms with Crippen LogP contribution in [0.2, 0.25) is 0 Å². The molecule has 0 spiro atoms. The van der Waals surface area contributed by atoms with E-state index < -0.39 is 0 Å². The molecule has 0 radical (unpaired) electrons. The van der Waals surface area contributed by atoms with Crippen LogP contribution >= 0.6 is 0 Å². The zero-order valence-electron chi connectivity index (χ0n) is 17.8. The monoisotopic (exact) mass is 368 g/mol. The quantitative estimate of drug-likeness (QED) is 0.140. The first-order chi connectivity index (χ1) is 12.7. The summed E-state index contributed by atoms with van der Waals surface area (Å²) in [6, 6.07) is 0. The highest BCUT2D eigenvalue weighted by Crippen LogP contribution is 2.10. The number of rotatable bonds is 19. The van der Waals surface area contributed by atoms with E-state index in [0.717, 1.165) is 12.8 Å². The molecule has 0 atom stereocenters. The van der Waals surface area contributed by atoms with Gasteiger partial charge in [0, 0.05) is 6.42 Å². The average molecular weight is 369 g/mol. The Balaban J connectivity index is 3.21. The van der Waals surface area contributed by atoms with Gasteiger partial charge in [0.25, 0.3) is 0 Å². The van der Waals surface area contributed by atoms with Crippen molar-refractivity contribution in [2.75, 3.05) is 13.2 Å². The molecule has 0 aromatic heterocycles. The number of hydrogen-bond acceptors (Lipinski definition) is 3. The maximum absolute atomic E-state index is 11.5. The summed E-state index contributed by atoms with van der Waals surface area (Å²) < 4.78 is 10.5. The van der Waals surface area contributed by atoms with E-state index in [2.05, 4.69) is 19.1 Å². The fraction of sp³-hybridized carbons (Fsp3) is 0.870. The van der Waals surface area contributed by atoms with Crippen LogP contribution in [0.3, 0.4) is 0 Å². The van der Waals surface area contributed by atoms with Crippen LogP contribution in [0.4, 0.5) is 0 Å². The van der Waals surface area contributed by atoms with Crippen molar-refractivity contribution in [2.24, 2.45) is 0 Å². The normalized spacial score (nSPS) is 11.5. The predicted molar refractivity (Wildman–Crippen MR) is 111 cm³/mol. The van der Waals surface area contributed by atoms with Crippen LogP contribution in [-0.2, 0) is 14.3 Å². The lowest BCUT2D eigenvalue weighted by Crippen LogP contribution is -2.13. The van der Waals surface area contributed by atoms with Gasteiger partial charge in [-0.25, -0.2) is 0 Å². The molecule has 3 heteroatoms. The van der Waals surface area contributed by atoms with E-state index in [-0.39, 0.29) is 12.1 Å². The van der Waals surface area contributed by atoms with Crippen LogP contribution in [0.15, 0.2) is 12.2 Å². The first-order valence-electron chi connectivity index (χ1n) is 11.1. The average Bonchev–Trinajstić information content (AvgIpc) is 2.62. The SMILES string of the molecule is CCCCCCCC/C=C/CCCCCCCC(=O)OCCOC(C)C. The Morgan fingerprint density at radius 1 is 0.769 bits per heavy atom. The van der Waals surface area contributed by atoms with Crippen molar-refractivity contribution in [3.63, 3.8) is 0 Å². The molecule has 0 rings (SSSR count). The molecule has 0 heterocycles. The summed E-state index contributed by atoms with van der Waals surface area (Å²) in [5.74, 6) is -0.0880. The van der Waals surface area contributed by atoms with Gasteiger partial charge in [0.15, 0.2) is 0 Å².